The number of methoxy groups -OCH3 is 1. The highest BCUT2D eigenvalue weighted by atomic mass is 79.9. The van der Waals surface area contributed by atoms with Crippen LogP contribution in [0.4, 0.5) is 11.4 Å². The summed E-state index contributed by atoms with van der Waals surface area (Å²) >= 11 is 3.41. The van der Waals surface area contributed by atoms with Crippen LogP contribution < -0.4 is 15.0 Å². The molecule has 0 bridgehead atoms. The van der Waals surface area contributed by atoms with E-state index in [1.54, 1.807) is 25.3 Å². The van der Waals surface area contributed by atoms with Gasteiger partial charge >= 0.3 is 0 Å². The third-order valence-electron chi connectivity index (χ3n) is 4.25. The van der Waals surface area contributed by atoms with Gasteiger partial charge in [-0.25, -0.2) is 0 Å². The van der Waals surface area contributed by atoms with Gasteiger partial charge in [0.05, 0.1) is 24.8 Å². The van der Waals surface area contributed by atoms with E-state index in [-0.39, 0.29) is 5.91 Å². The van der Waals surface area contributed by atoms with Gasteiger partial charge in [-0.2, -0.15) is 0 Å². The van der Waals surface area contributed by atoms with Crippen LogP contribution in [0.1, 0.15) is 15.9 Å². The number of halogens is 1. The average molecular weight is 405 g/mol. The fraction of sp³-hybridized carbons (Fsp3) is 0.316. The molecule has 3 rings (SSSR count). The van der Waals surface area contributed by atoms with Gasteiger partial charge in [0.1, 0.15) is 5.75 Å². The molecule has 1 saturated heterocycles. The molecule has 1 amide bonds. The molecule has 0 radical (unpaired) electrons. The predicted molar refractivity (Wildman–Crippen MR) is 103 cm³/mol. The summed E-state index contributed by atoms with van der Waals surface area (Å²) in [5.41, 5.74) is 3.58. The molecule has 0 aliphatic carbocycles. The zero-order chi connectivity index (χ0) is 17.8. The minimum atomic E-state index is -0.148. The van der Waals surface area contributed by atoms with Crippen LogP contribution in [0.5, 0.6) is 5.75 Å². The van der Waals surface area contributed by atoms with Crippen molar-refractivity contribution in [3.63, 3.8) is 0 Å². The van der Waals surface area contributed by atoms with Crippen molar-refractivity contribution in [3.05, 3.63) is 52.0 Å². The quantitative estimate of drug-likeness (QED) is 0.840. The number of carbonyl (C=O) groups excluding carboxylic acids is 1. The number of hydrogen-bond donors (Lipinski definition) is 1. The normalized spacial score (nSPS) is 14.3. The van der Waals surface area contributed by atoms with E-state index in [0.29, 0.717) is 11.3 Å². The van der Waals surface area contributed by atoms with Crippen LogP contribution in [-0.2, 0) is 4.74 Å². The second kappa shape index (κ2) is 7.89. The third-order valence-corrected chi connectivity index (χ3v) is 4.87. The first-order valence-corrected chi connectivity index (χ1v) is 8.96. The van der Waals surface area contributed by atoms with Gasteiger partial charge in [0, 0.05) is 30.0 Å². The highest BCUT2D eigenvalue weighted by Gasteiger charge is 2.14. The van der Waals surface area contributed by atoms with Gasteiger partial charge in [-0.1, -0.05) is 0 Å². The second-order valence-electron chi connectivity index (χ2n) is 5.90. The molecule has 1 heterocycles. The van der Waals surface area contributed by atoms with E-state index in [1.165, 1.54) is 0 Å². The Balaban J connectivity index is 1.73. The van der Waals surface area contributed by atoms with Crippen molar-refractivity contribution in [2.45, 2.75) is 6.92 Å². The maximum atomic E-state index is 12.5. The largest absolute Gasteiger partial charge is 0.496 e. The number of anilines is 2. The predicted octanol–water partition coefficient (Wildman–Crippen LogP) is 3.86. The SMILES string of the molecule is COc1ccc(C(=O)Nc2ccc(N3CCOCC3)cc2C)cc1Br. The molecule has 0 unspecified atom stereocenters. The summed E-state index contributed by atoms with van der Waals surface area (Å²) in [5.74, 6) is 0.549. The fourth-order valence-electron chi connectivity index (χ4n) is 2.81. The van der Waals surface area contributed by atoms with E-state index in [4.69, 9.17) is 9.47 Å². The summed E-state index contributed by atoms with van der Waals surface area (Å²) in [5, 5.41) is 2.98. The van der Waals surface area contributed by atoms with Crippen molar-refractivity contribution >= 4 is 33.2 Å². The number of rotatable bonds is 4. The molecule has 0 aromatic heterocycles. The Morgan fingerprint density at radius 3 is 2.60 bits per heavy atom. The molecule has 1 aliphatic rings. The lowest BCUT2D eigenvalue weighted by Crippen LogP contribution is -2.36. The van der Waals surface area contributed by atoms with Crippen LogP contribution in [0.3, 0.4) is 0 Å². The number of morpholine rings is 1. The Morgan fingerprint density at radius 1 is 1.20 bits per heavy atom. The fourth-order valence-corrected chi connectivity index (χ4v) is 3.35. The van der Waals surface area contributed by atoms with Gasteiger partial charge in [0.15, 0.2) is 0 Å². The van der Waals surface area contributed by atoms with Gasteiger partial charge in [-0.3, -0.25) is 4.79 Å². The number of nitrogens with one attached hydrogen (secondary N) is 1. The Bertz CT molecular complexity index is 773. The van der Waals surface area contributed by atoms with E-state index in [0.717, 1.165) is 47.7 Å². The van der Waals surface area contributed by atoms with Crippen molar-refractivity contribution in [1.29, 1.82) is 0 Å². The first kappa shape index (κ1) is 17.8. The lowest BCUT2D eigenvalue weighted by molar-refractivity contribution is 0.102. The standard InChI is InChI=1S/C19H21BrN2O3/c1-13-11-15(22-7-9-25-10-8-22)4-5-17(13)21-19(23)14-3-6-18(24-2)16(20)12-14/h3-6,11-12H,7-10H2,1-2H3,(H,21,23). The zero-order valence-corrected chi connectivity index (χ0v) is 15.9. The molecule has 0 atom stereocenters. The van der Waals surface area contributed by atoms with Crippen LogP contribution in [0.25, 0.3) is 0 Å². The summed E-state index contributed by atoms with van der Waals surface area (Å²) in [4.78, 5) is 14.8. The third kappa shape index (κ3) is 4.14. The lowest BCUT2D eigenvalue weighted by Gasteiger charge is -2.29. The van der Waals surface area contributed by atoms with Crippen molar-refractivity contribution < 1.29 is 14.3 Å². The Kier molecular flexibility index (Phi) is 5.60. The summed E-state index contributed by atoms with van der Waals surface area (Å²) in [6.07, 6.45) is 0. The van der Waals surface area contributed by atoms with E-state index >= 15 is 0 Å². The lowest BCUT2D eigenvalue weighted by atomic mass is 10.1. The number of ether oxygens (including phenoxy) is 2. The molecule has 2 aromatic carbocycles. The van der Waals surface area contributed by atoms with Crippen LogP contribution in [0.15, 0.2) is 40.9 Å². The highest BCUT2D eigenvalue weighted by molar-refractivity contribution is 9.10. The molecule has 25 heavy (non-hydrogen) atoms. The van der Waals surface area contributed by atoms with Crippen molar-refractivity contribution in [2.75, 3.05) is 43.6 Å². The summed E-state index contributed by atoms with van der Waals surface area (Å²) in [6, 6.07) is 11.4. The van der Waals surface area contributed by atoms with Gasteiger partial charge in [0.25, 0.3) is 5.91 Å². The van der Waals surface area contributed by atoms with Gasteiger partial charge in [0.2, 0.25) is 0 Å². The molecule has 1 fully saturated rings. The van der Waals surface area contributed by atoms with Gasteiger partial charge < -0.3 is 19.7 Å². The molecule has 2 aromatic rings. The smallest absolute Gasteiger partial charge is 0.255 e. The number of hydrogen-bond acceptors (Lipinski definition) is 4. The van der Waals surface area contributed by atoms with Gasteiger partial charge in [-0.05, 0) is 64.8 Å². The molecule has 0 saturated carbocycles. The van der Waals surface area contributed by atoms with Crippen LogP contribution >= 0.6 is 15.9 Å². The van der Waals surface area contributed by atoms with Crippen LogP contribution in [0, 0.1) is 6.92 Å². The summed E-state index contributed by atoms with van der Waals surface area (Å²) < 4.78 is 11.3. The monoisotopic (exact) mass is 404 g/mol. The first-order valence-electron chi connectivity index (χ1n) is 8.16. The highest BCUT2D eigenvalue weighted by Crippen LogP contribution is 2.27. The molecule has 5 nitrogen and oxygen atoms in total. The number of carbonyl (C=O) groups is 1. The van der Waals surface area contributed by atoms with Crippen LogP contribution in [-0.4, -0.2) is 39.3 Å². The minimum Gasteiger partial charge on any atom is -0.496 e. The Labute approximate surface area is 156 Å². The summed E-state index contributed by atoms with van der Waals surface area (Å²) in [6.45, 7) is 5.30. The maximum Gasteiger partial charge on any atom is 0.255 e. The molecule has 132 valence electrons. The van der Waals surface area contributed by atoms with E-state index in [9.17, 15) is 4.79 Å². The molecule has 1 N–H and O–H groups in total. The van der Waals surface area contributed by atoms with Crippen molar-refractivity contribution in [1.82, 2.24) is 0 Å². The topological polar surface area (TPSA) is 50.8 Å². The van der Waals surface area contributed by atoms with E-state index in [1.807, 2.05) is 19.1 Å². The molecule has 6 heteroatoms. The molecule has 1 aliphatic heterocycles. The van der Waals surface area contributed by atoms with E-state index < -0.39 is 0 Å². The van der Waals surface area contributed by atoms with Crippen LogP contribution in [0.2, 0.25) is 0 Å². The average Bonchev–Trinajstić information content (AvgIpc) is 2.64. The summed E-state index contributed by atoms with van der Waals surface area (Å²) in [7, 11) is 1.60. The van der Waals surface area contributed by atoms with Crippen molar-refractivity contribution in [2.24, 2.45) is 0 Å². The Hall–Kier alpha value is -2.05. The van der Waals surface area contributed by atoms with Gasteiger partial charge in [-0.15, -0.1) is 0 Å². The number of amides is 1. The maximum absolute atomic E-state index is 12.5. The van der Waals surface area contributed by atoms with Crippen molar-refractivity contribution in [3.8, 4) is 5.75 Å². The number of nitrogens with zero attached hydrogens (tertiary/aromatic N) is 1. The number of benzene rings is 2. The van der Waals surface area contributed by atoms with E-state index in [2.05, 4.69) is 32.2 Å². The first-order chi connectivity index (χ1) is 12.1. The second-order valence-corrected chi connectivity index (χ2v) is 6.76. The molecular weight excluding hydrogens is 384 g/mol. The molecular formula is C19H21BrN2O3. The molecule has 0 spiro atoms. The minimum absolute atomic E-state index is 0.148. The zero-order valence-electron chi connectivity index (χ0n) is 14.3. The number of aryl methyl sites for hydroxylation is 1. The Morgan fingerprint density at radius 2 is 1.96 bits per heavy atom.